The SMILES string of the molecule is CO[C@H]1/C=C/O[C@@]2(C)Oc3c(C)c(O)c4c(=O)c(c5oc6cc(N7CCC([N+](C)(C)Cc8ccc(NC(=O)[C@H](CCCNC(N)=O)CC(=O)[C@@H](NC(=O)CCCCCN9C(=O)C=CC9=O)C(C)C)cc8)CC7)cc(=O)c6nc5c4c3=C2O)NC(=O)/C(C)=C\C=C\[C@H](C)[C@H](O)[C@@H](C)[C@@H](O)[C@@H](C)C(OC(C)=O)[C@@H]1C. The number of amides is 7. The molecular weight excluding hydrogens is 1380 g/mol. The number of hydrogen-bond acceptors (Lipinski definition) is 21. The first kappa shape index (κ1) is 81.1. The number of allylic oxidation sites excluding steroid dienone is 2. The summed E-state index contributed by atoms with van der Waals surface area (Å²) in [6.07, 6.45) is 9.21. The Morgan fingerprint density at radius 1 is 0.869 bits per heavy atom. The first-order valence-corrected chi connectivity index (χ1v) is 36.6. The van der Waals surface area contributed by atoms with E-state index in [1.807, 2.05) is 12.1 Å². The predicted octanol–water partition coefficient (Wildman–Crippen LogP) is 7.39. The van der Waals surface area contributed by atoms with Gasteiger partial charge in [-0.25, -0.2) is 9.78 Å². The van der Waals surface area contributed by atoms with Gasteiger partial charge < -0.3 is 80.2 Å². The number of Topliss-reactive ketones (excluding diaryl/α,β-unsaturated/α-hetero) is 1. The minimum atomic E-state index is -2.05. The number of aliphatic hydroxyl groups is 3. The molecule has 5 heterocycles. The van der Waals surface area contributed by atoms with Crippen LogP contribution in [0.1, 0.15) is 131 Å². The third-order valence-corrected chi connectivity index (χ3v) is 21.4. The van der Waals surface area contributed by atoms with Gasteiger partial charge in [0.25, 0.3) is 17.7 Å². The van der Waals surface area contributed by atoms with Crippen molar-refractivity contribution in [2.24, 2.45) is 41.2 Å². The van der Waals surface area contributed by atoms with Crippen molar-refractivity contribution >= 4 is 103 Å². The van der Waals surface area contributed by atoms with E-state index >= 15 is 4.79 Å². The number of aromatic nitrogens is 1. The number of piperidine rings is 1. The molecule has 0 aliphatic carbocycles. The summed E-state index contributed by atoms with van der Waals surface area (Å²) in [7, 11) is 5.70. The first-order chi connectivity index (χ1) is 50.5. The number of primary amides is 1. The molecule has 7 amide bonds. The van der Waals surface area contributed by atoms with Crippen molar-refractivity contribution in [3.63, 3.8) is 0 Å². The molecule has 0 radical (unpaired) electrons. The number of urea groups is 1. The van der Waals surface area contributed by atoms with Gasteiger partial charge in [0.15, 0.2) is 28.2 Å². The van der Waals surface area contributed by atoms with Gasteiger partial charge in [0.2, 0.25) is 22.7 Å². The number of nitrogens with two attached hydrogens (primary N) is 1. The Bertz CT molecular complexity index is 4540. The van der Waals surface area contributed by atoms with Crippen molar-refractivity contribution in [1.82, 2.24) is 20.5 Å². The second-order valence-corrected chi connectivity index (χ2v) is 29.9. The summed E-state index contributed by atoms with van der Waals surface area (Å²) in [5.41, 5.74) is 4.77. The number of hydrogen-bond donors (Lipinski definition) is 9. The zero-order chi connectivity index (χ0) is 78.3. The number of ketones is 1. The molecule has 10 N–H and O–H groups in total. The topological polar surface area (TPSA) is 395 Å². The number of rotatable bonds is 23. The van der Waals surface area contributed by atoms with Crippen LogP contribution in [0.3, 0.4) is 0 Å². The van der Waals surface area contributed by atoms with E-state index in [-0.39, 0.29) is 123 Å². The summed E-state index contributed by atoms with van der Waals surface area (Å²) in [6, 6.07) is 9.09. The second kappa shape index (κ2) is 34.3. The van der Waals surface area contributed by atoms with Gasteiger partial charge in [0.1, 0.15) is 35.4 Å². The molecule has 28 nitrogen and oxygen atoms in total. The fourth-order valence-electron chi connectivity index (χ4n) is 14.9. The van der Waals surface area contributed by atoms with Crippen LogP contribution in [-0.2, 0) is 54.3 Å². The summed E-state index contributed by atoms with van der Waals surface area (Å²) in [5.74, 6) is -10.3. The highest BCUT2D eigenvalue weighted by atomic mass is 16.7. The number of nitrogens with zero attached hydrogens (tertiary/aromatic N) is 4. The number of carbonyl (C=O) groups is 8. The third-order valence-electron chi connectivity index (χ3n) is 21.4. The van der Waals surface area contributed by atoms with E-state index in [1.165, 1.54) is 71.4 Å². The minimum Gasteiger partial charge on any atom is -0.507 e. The Labute approximate surface area is 620 Å². The molecule has 4 aliphatic rings. The lowest BCUT2D eigenvalue weighted by Crippen LogP contribution is -2.53. The Morgan fingerprint density at radius 2 is 1.55 bits per heavy atom. The van der Waals surface area contributed by atoms with Gasteiger partial charge in [-0.15, -0.1) is 0 Å². The fourth-order valence-corrected chi connectivity index (χ4v) is 14.9. The Morgan fingerprint density at radius 3 is 2.20 bits per heavy atom. The van der Waals surface area contributed by atoms with E-state index in [0.29, 0.717) is 74.0 Å². The van der Waals surface area contributed by atoms with Gasteiger partial charge in [-0.05, 0) is 63.7 Å². The Kier molecular flexibility index (Phi) is 25.9. The van der Waals surface area contributed by atoms with Crippen LogP contribution in [0.15, 0.2) is 98.7 Å². The number of benzene rings is 4. The predicted molar refractivity (Wildman–Crippen MR) is 402 cm³/mol. The number of phenols is 1. The number of anilines is 3. The fraction of sp³-hybridized carbons (Fsp3) is 0.506. The van der Waals surface area contributed by atoms with E-state index in [9.17, 15) is 63.6 Å². The molecule has 1 saturated heterocycles. The minimum absolute atomic E-state index is 0.0119. The highest BCUT2D eigenvalue weighted by molar-refractivity contribution is 6.17. The Balaban J connectivity index is 0.942. The van der Waals surface area contributed by atoms with Crippen LogP contribution in [-0.4, -0.2) is 172 Å². The molecule has 28 heteroatoms. The molecule has 9 rings (SSSR count). The molecule has 5 aromatic rings. The van der Waals surface area contributed by atoms with E-state index < -0.39 is 118 Å². The molecule has 0 spiro atoms. The van der Waals surface area contributed by atoms with Crippen molar-refractivity contribution in [2.75, 3.05) is 62.9 Å². The summed E-state index contributed by atoms with van der Waals surface area (Å²) in [5, 5.41) is 58.2. The zero-order valence-electron chi connectivity index (χ0n) is 63.1. The normalized spacial score (nSPS) is 24.2. The number of aromatic hydroxyl groups is 1. The number of methoxy groups -OCH3 is 1. The van der Waals surface area contributed by atoms with Gasteiger partial charge in [-0.1, -0.05) is 78.3 Å². The van der Waals surface area contributed by atoms with Gasteiger partial charge in [-0.3, -0.25) is 48.1 Å². The molecule has 1 unspecified atom stereocenters. The summed E-state index contributed by atoms with van der Waals surface area (Å²) >= 11 is 0. The van der Waals surface area contributed by atoms with Gasteiger partial charge in [0, 0.05) is 160 Å². The van der Waals surface area contributed by atoms with Crippen LogP contribution >= 0.6 is 0 Å². The van der Waals surface area contributed by atoms with Crippen LogP contribution in [0, 0.1) is 42.4 Å². The maximum Gasteiger partial charge on any atom is 0.312 e. The third kappa shape index (κ3) is 18.3. The number of aliphatic hydroxyl groups excluding tert-OH is 3. The van der Waals surface area contributed by atoms with Crippen LogP contribution < -0.4 is 52.7 Å². The highest BCUT2D eigenvalue weighted by Crippen LogP contribution is 2.43. The lowest BCUT2D eigenvalue weighted by molar-refractivity contribution is -0.928. The van der Waals surface area contributed by atoms with Crippen molar-refractivity contribution in [3.05, 3.63) is 121 Å². The molecule has 4 bridgehead atoms. The van der Waals surface area contributed by atoms with Crippen LogP contribution in [0.2, 0.25) is 0 Å². The summed E-state index contributed by atoms with van der Waals surface area (Å²) in [6.45, 7) is 18.2. The molecule has 4 aromatic carbocycles. The number of ether oxygens (including phenoxy) is 4. The van der Waals surface area contributed by atoms with Gasteiger partial charge in [0.05, 0.1) is 61.4 Å². The highest BCUT2D eigenvalue weighted by Gasteiger charge is 2.45. The first-order valence-electron chi connectivity index (χ1n) is 36.6. The quantitative estimate of drug-likeness (QED) is 0.00768. The summed E-state index contributed by atoms with van der Waals surface area (Å²) < 4.78 is 31.5. The van der Waals surface area contributed by atoms with E-state index in [4.69, 9.17) is 34.1 Å². The summed E-state index contributed by atoms with van der Waals surface area (Å²) in [4.78, 5) is 141. The Hall–Kier alpha value is -10.0. The number of phenolic OH excluding ortho intramolecular Hbond substituents is 1. The number of esters is 1. The molecule has 4 aliphatic heterocycles. The van der Waals surface area contributed by atoms with E-state index in [2.05, 4.69) is 40.3 Å². The van der Waals surface area contributed by atoms with Crippen molar-refractivity contribution in [3.8, 4) is 11.5 Å². The zero-order valence-corrected chi connectivity index (χ0v) is 63.1. The van der Waals surface area contributed by atoms with Crippen LogP contribution in [0.4, 0.5) is 21.9 Å². The van der Waals surface area contributed by atoms with Gasteiger partial charge in [-0.2, -0.15) is 0 Å². The molecule has 1 fully saturated rings. The number of quaternary nitrogens is 1. The number of unbranched alkanes of at least 4 members (excludes halogenated alkanes) is 2. The lowest BCUT2D eigenvalue weighted by atomic mass is 9.78. The number of imide groups is 1. The number of nitrogens with one attached hydrogen (secondary N) is 4. The van der Waals surface area contributed by atoms with E-state index in [1.54, 1.807) is 71.9 Å². The molecule has 11 atom stereocenters. The molecule has 1 aromatic heterocycles. The van der Waals surface area contributed by atoms with Crippen LogP contribution in [0.5, 0.6) is 11.5 Å². The van der Waals surface area contributed by atoms with Crippen molar-refractivity contribution in [1.29, 1.82) is 0 Å². The second-order valence-electron chi connectivity index (χ2n) is 29.9. The molecule has 0 saturated carbocycles. The van der Waals surface area contributed by atoms with E-state index in [0.717, 1.165) is 10.5 Å². The molecule has 107 heavy (non-hydrogen) atoms. The standard InChI is InChI=1S/C79H101N9O19/c1-41(2)64(83-58(92)22-15-14-16-33-87-59(93)27-28-60(87)94)54(90)37-50(21-18-32-81-78(80)102)77(101)82-51-25-23-49(24-26-51)40-88(11,12)53-29-34-86(35-30-53)52-38-55(91)65-57(39-52)106-74-66(84-65)61-62-70(97)47(8)73-63(61)75(99)79(10,107-73)104-36-31-56(103-13)44(5)72(105-48(9)89)46(7)69(96)45(6)68(95)42(3)19-17-20-43(4)76(100)85-67(74)71(62)98/h17,19-20,23-28,31,36,38-39,41-42,44-46,50,53,56,64,68-69,72,95-96H,14-16,18,21-22,29-30,32-35,37,40H2,1-13H3,(H7-,80,81,82,83,84,85,91,92,93,94,97,98,99,100,101,102)/p+1/b19-17+,36-31+,43-20-/t42-,44+,45+,46+,50+,56-,64-,68-,69+,72?,79-/m0/s1. The van der Waals surface area contributed by atoms with Crippen molar-refractivity contribution < 1.29 is 86.6 Å². The smallest absolute Gasteiger partial charge is 0.312 e. The average Bonchev–Trinajstić information content (AvgIpc) is 1.54. The maximum absolute atomic E-state index is 15.2. The largest absolute Gasteiger partial charge is 0.507 e. The number of fused-ring (bicyclic) bond motifs is 2. The van der Waals surface area contributed by atoms with Gasteiger partial charge >= 0.3 is 17.8 Å². The lowest BCUT2D eigenvalue weighted by Gasteiger charge is -2.43. The van der Waals surface area contributed by atoms with Crippen molar-refractivity contribution in [2.45, 2.75) is 176 Å². The van der Waals surface area contributed by atoms with Crippen LogP contribution in [0.25, 0.3) is 38.7 Å². The molecule has 576 valence electrons. The number of carbonyl (C=O) groups excluding carboxylic acids is 8. The average molecular weight is 1480 g/mol. The maximum atomic E-state index is 15.2. The molecular formula is C79H102N9O19+. The monoisotopic (exact) mass is 1480 g/mol.